The molecule has 52 heavy (non-hydrogen) atoms. The van der Waals surface area contributed by atoms with Crippen LogP contribution in [-0.2, 0) is 0 Å². The molecule has 0 spiro atoms. The third-order valence-corrected chi connectivity index (χ3v) is 10.1. The summed E-state index contributed by atoms with van der Waals surface area (Å²) >= 11 is 0. The summed E-state index contributed by atoms with van der Waals surface area (Å²) < 4.78 is 13.1. The maximum Gasteiger partial charge on any atom is 0.164 e. The number of para-hydroxylation sites is 3. The van der Waals surface area contributed by atoms with Gasteiger partial charge >= 0.3 is 0 Å². The van der Waals surface area contributed by atoms with Crippen molar-refractivity contribution in [3.05, 3.63) is 164 Å². The molecule has 0 N–H and O–H groups in total. The first kappa shape index (κ1) is 28.7. The fourth-order valence-corrected chi connectivity index (χ4v) is 7.64. The minimum absolute atomic E-state index is 0.567. The molecule has 242 valence electrons. The van der Waals surface area contributed by atoms with Crippen LogP contribution in [0, 0.1) is 0 Å². The second kappa shape index (κ2) is 11.2. The number of hydrogen-bond acceptors (Lipinski definition) is 5. The molecule has 11 aromatic rings. The normalized spacial score (nSPS) is 11.8. The van der Waals surface area contributed by atoms with E-state index in [1.807, 2.05) is 66.7 Å². The quantitative estimate of drug-likeness (QED) is 0.175. The molecule has 3 aromatic heterocycles. The maximum absolute atomic E-state index is 6.56. The van der Waals surface area contributed by atoms with Crippen LogP contribution >= 0.6 is 0 Å². The zero-order chi connectivity index (χ0) is 34.2. The molecule has 5 heteroatoms. The number of rotatable bonds is 4. The third-order valence-electron chi connectivity index (χ3n) is 10.1. The Labute approximate surface area is 297 Å². The third kappa shape index (κ3) is 4.46. The average molecular weight is 666 g/mol. The Hall–Kier alpha value is -7.11. The van der Waals surface area contributed by atoms with E-state index in [1.165, 1.54) is 16.2 Å². The van der Waals surface area contributed by atoms with Gasteiger partial charge in [-0.25, -0.2) is 15.0 Å². The molecule has 11 rings (SSSR count). The van der Waals surface area contributed by atoms with Crippen molar-refractivity contribution in [1.82, 2.24) is 15.0 Å². The van der Waals surface area contributed by atoms with Gasteiger partial charge in [0.25, 0.3) is 0 Å². The average Bonchev–Trinajstić information content (AvgIpc) is 3.79. The summed E-state index contributed by atoms with van der Waals surface area (Å²) in [4.78, 5) is 15.6. The van der Waals surface area contributed by atoms with Gasteiger partial charge in [0.05, 0.1) is 0 Å². The molecule has 0 saturated carbocycles. The highest BCUT2D eigenvalue weighted by Gasteiger charge is 2.21. The molecule has 0 amide bonds. The van der Waals surface area contributed by atoms with Crippen molar-refractivity contribution in [2.45, 2.75) is 0 Å². The Bertz CT molecular complexity index is 3190. The molecule has 0 fully saturated rings. The number of aromatic nitrogens is 3. The molecule has 0 aliphatic carbocycles. The molecule has 0 unspecified atom stereocenters. The Morgan fingerprint density at radius 1 is 0.327 bits per heavy atom. The van der Waals surface area contributed by atoms with E-state index in [1.54, 1.807) is 0 Å². The molecular weight excluding hydrogens is 639 g/mol. The van der Waals surface area contributed by atoms with Gasteiger partial charge in [-0.15, -0.1) is 0 Å². The smallest absolute Gasteiger partial charge is 0.164 e. The lowest BCUT2D eigenvalue weighted by molar-refractivity contribution is 0.668. The van der Waals surface area contributed by atoms with Crippen LogP contribution in [-0.4, -0.2) is 15.0 Å². The van der Waals surface area contributed by atoms with Crippen molar-refractivity contribution in [3.8, 4) is 45.3 Å². The molecular formula is C47H27N3O2. The first-order valence-corrected chi connectivity index (χ1v) is 17.3. The fourth-order valence-electron chi connectivity index (χ4n) is 7.64. The first-order valence-electron chi connectivity index (χ1n) is 17.3. The minimum atomic E-state index is 0.567. The van der Waals surface area contributed by atoms with Crippen molar-refractivity contribution >= 4 is 65.4 Å². The number of nitrogens with zero attached hydrogens (tertiary/aromatic N) is 3. The summed E-state index contributed by atoms with van der Waals surface area (Å²) in [5.74, 6) is 1.77. The molecule has 0 aliphatic heterocycles. The van der Waals surface area contributed by atoms with E-state index in [0.717, 1.165) is 77.1 Å². The van der Waals surface area contributed by atoms with Crippen molar-refractivity contribution < 1.29 is 8.83 Å². The molecule has 0 aliphatic rings. The Kier molecular flexibility index (Phi) is 6.18. The molecule has 5 nitrogen and oxygen atoms in total. The summed E-state index contributed by atoms with van der Waals surface area (Å²) in [5.41, 5.74) is 7.85. The van der Waals surface area contributed by atoms with Crippen molar-refractivity contribution in [3.63, 3.8) is 0 Å². The maximum atomic E-state index is 6.56. The van der Waals surface area contributed by atoms with Gasteiger partial charge in [-0.1, -0.05) is 133 Å². The predicted octanol–water partition coefficient (Wildman–Crippen LogP) is 12.6. The van der Waals surface area contributed by atoms with E-state index in [9.17, 15) is 0 Å². The highest BCUT2D eigenvalue weighted by atomic mass is 16.3. The van der Waals surface area contributed by atoms with E-state index < -0.39 is 0 Å². The van der Waals surface area contributed by atoms with Crippen LogP contribution in [0.4, 0.5) is 0 Å². The molecule has 0 radical (unpaired) electrons. The van der Waals surface area contributed by atoms with Gasteiger partial charge < -0.3 is 8.83 Å². The second-order valence-corrected chi connectivity index (χ2v) is 13.2. The van der Waals surface area contributed by atoms with Crippen molar-refractivity contribution in [2.24, 2.45) is 0 Å². The zero-order valence-electron chi connectivity index (χ0n) is 27.7. The van der Waals surface area contributed by atoms with Gasteiger partial charge in [-0.3, -0.25) is 0 Å². The highest BCUT2D eigenvalue weighted by molar-refractivity contribution is 6.15. The van der Waals surface area contributed by atoms with Gasteiger partial charge in [-0.2, -0.15) is 0 Å². The van der Waals surface area contributed by atoms with E-state index in [2.05, 4.69) is 97.1 Å². The van der Waals surface area contributed by atoms with Gasteiger partial charge in [-0.05, 0) is 57.4 Å². The highest BCUT2D eigenvalue weighted by Crippen LogP contribution is 2.42. The van der Waals surface area contributed by atoms with Crippen LogP contribution in [0.1, 0.15) is 0 Å². The summed E-state index contributed by atoms with van der Waals surface area (Å²) in [6.07, 6.45) is 0. The minimum Gasteiger partial charge on any atom is -0.456 e. The summed E-state index contributed by atoms with van der Waals surface area (Å²) in [6, 6.07) is 56.3. The van der Waals surface area contributed by atoms with Gasteiger partial charge in [0.2, 0.25) is 0 Å². The van der Waals surface area contributed by atoms with Gasteiger partial charge in [0, 0.05) is 43.8 Å². The zero-order valence-corrected chi connectivity index (χ0v) is 27.7. The standard InChI is InChI=1S/C47H27N3O2/c1-2-12-30(13-3-1)45-48-46(31-24-23-29-22-21-28-11-4-5-14-33(28)38(29)25-31)50-47(49-45)39-26-32(27-42-43(39)37-16-7-9-20-41(37)51-42)34-17-10-18-36-35-15-6-8-19-40(35)52-44(34)36/h1-27H. The topological polar surface area (TPSA) is 65.0 Å². The molecule has 3 heterocycles. The lowest BCUT2D eigenvalue weighted by Crippen LogP contribution is -2.00. The van der Waals surface area contributed by atoms with Crippen LogP contribution in [0.3, 0.4) is 0 Å². The lowest BCUT2D eigenvalue weighted by atomic mass is 9.96. The van der Waals surface area contributed by atoms with Gasteiger partial charge in [0.1, 0.15) is 22.3 Å². The van der Waals surface area contributed by atoms with Crippen LogP contribution < -0.4 is 0 Å². The fraction of sp³-hybridized carbons (Fsp3) is 0. The molecule has 0 saturated heterocycles. The second-order valence-electron chi connectivity index (χ2n) is 13.2. The van der Waals surface area contributed by atoms with Gasteiger partial charge in [0.15, 0.2) is 17.5 Å². The first-order chi connectivity index (χ1) is 25.7. The number of benzene rings is 8. The van der Waals surface area contributed by atoms with E-state index in [0.29, 0.717) is 17.5 Å². The predicted molar refractivity (Wildman–Crippen MR) is 211 cm³/mol. The van der Waals surface area contributed by atoms with E-state index >= 15 is 0 Å². The van der Waals surface area contributed by atoms with Crippen LogP contribution in [0.25, 0.3) is 111 Å². The largest absolute Gasteiger partial charge is 0.456 e. The Morgan fingerprint density at radius 2 is 0.962 bits per heavy atom. The van der Waals surface area contributed by atoms with E-state index in [-0.39, 0.29) is 0 Å². The lowest BCUT2D eigenvalue weighted by Gasteiger charge is -2.12. The SMILES string of the molecule is c1ccc(-c2nc(-c3ccc4ccc5ccccc5c4c3)nc(-c3cc(-c4cccc5c4oc4ccccc45)cc4oc5ccccc5c34)n2)cc1. The number of hydrogen-bond donors (Lipinski definition) is 0. The monoisotopic (exact) mass is 665 g/mol. The Morgan fingerprint density at radius 3 is 1.81 bits per heavy atom. The van der Waals surface area contributed by atoms with Crippen molar-refractivity contribution in [2.75, 3.05) is 0 Å². The van der Waals surface area contributed by atoms with Crippen LogP contribution in [0.2, 0.25) is 0 Å². The van der Waals surface area contributed by atoms with Crippen LogP contribution in [0.15, 0.2) is 173 Å². The van der Waals surface area contributed by atoms with Crippen LogP contribution in [0.5, 0.6) is 0 Å². The Balaban J connectivity index is 1.20. The molecule has 8 aromatic carbocycles. The number of furan rings is 2. The molecule has 0 atom stereocenters. The summed E-state index contributed by atoms with van der Waals surface area (Å²) in [5, 5.41) is 8.82. The summed E-state index contributed by atoms with van der Waals surface area (Å²) in [7, 11) is 0. The number of fused-ring (bicyclic) bond motifs is 9. The van der Waals surface area contributed by atoms with Crippen molar-refractivity contribution in [1.29, 1.82) is 0 Å². The summed E-state index contributed by atoms with van der Waals surface area (Å²) in [6.45, 7) is 0. The molecule has 0 bridgehead atoms. The van der Waals surface area contributed by atoms with E-state index in [4.69, 9.17) is 23.8 Å².